The summed E-state index contributed by atoms with van der Waals surface area (Å²) < 4.78 is 4.81. The molecule has 51 heavy (non-hydrogen) atoms. The van der Waals surface area contributed by atoms with E-state index in [9.17, 15) is 0 Å². The molecule has 9 aromatic rings. The molecule has 4 nitrogen and oxygen atoms in total. The summed E-state index contributed by atoms with van der Waals surface area (Å²) in [5.41, 5.74) is 15.1. The van der Waals surface area contributed by atoms with E-state index in [-0.39, 0.29) is 12.0 Å². The molecule has 10 rings (SSSR count). The van der Waals surface area contributed by atoms with Crippen LogP contribution in [-0.4, -0.2) is 19.1 Å². The zero-order valence-corrected chi connectivity index (χ0v) is 28.2. The van der Waals surface area contributed by atoms with Crippen molar-refractivity contribution in [3.05, 3.63) is 182 Å². The molecule has 0 saturated carbocycles. The first-order valence-corrected chi connectivity index (χ1v) is 17.6. The van der Waals surface area contributed by atoms with Gasteiger partial charge >= 0.3 is 0 Å². The largest absolute Gasteiger partial charge is 0.332 e. The Morgan fingerprint density at radius 1 is 0.490 bits per heavy atom. The van der Waals surface area contributed by atoms with E-state index in [1.807, 2.05) is 24.5 Å². The van der Waals surface area contributed by atoms with Gasteiger partial charge in [0.25, 0.3) is 0 Å². The van der Waals surface area contributed by atoms with Crippen molar-refractivity contribution in [1.29, 1.82) is 0 Å². The van der Waals surface area contributed by atoms with Crippen molar-refractivity contribution in [3.63, 3.8) is 0 Å². The summed E-state index contributed by atoms with van der Waals surface area (Å²) in [6.45, 7) is 2.32. The molecular formula is C47H34N4. The summed E-state index contributed by atoms with van der Waals surface area (Å²) in [5, 5.41) is 2.35. The summed E-state index contributed by atoms with van der Waals surface area (Å²) in [7, 11) is 0. The molecule has 0 N–H and O–H groups in total. The van der Waals surface area contributed by atoms with Gasteiger partial charge in [-0.1, -0.05) is 110 Å². The number of fused-ring (bicyclic) bond motifs is 6. The van der Waals surface area contributed by atoms with Gasteiger partial charge in [-0.3, -0.25) is 9.97 Å². The van der Waals surface area contributed by atoms with Gasteiger partial charge in [0.15, 0.2) is 0 Å². The molecule has 0 saturated heterocycles. The Hall–Kier alpha value is -6.52. The normalized spacial score (nSPS) is 16.0. The van der Waals surface area contributed by atoms with Gasteiger partial charge in [-0.2, -0.15) is 0 Å². The van der Waals surface area contributed by atoms with Gasteiger partial charge in [-0.15, -0.1) is 0 Å². The Kier molecular flexibility index (Phi) is 6.81. The molecule has 2 atom stereocenters. The molecule has 5 aromatic carbocycles. The van der Waals surface area contributed by atoms with Gasteiger partial charge in [-0.25, -0.2) is 0 Å². The number of benzene rings is 5. The van der Waals surface area contributed by atoms with Crippen LogP contribution >= 0.6 is 0 Å². The number of hydrogen-bond donors (Lipinski definition) is 0. The van der Waals surface area contributed by atoms with Gasteiger partial charge in [0.05, 0.1) is 39.1 Å². The van der Waals surface area contributed by atoms with Crippen molar-refractivity contribution in [1.82, 2.24) is 19.1 Å². The zero-order valence-electron chi connectivity index (χ0n) is 28.2. The number of nitrogens with zero attached hydrogens (tertiary/aromatic N) is 4. The molecular weight excluding hydrogens is 621 g/mol. The number of hydrogen-bond acceptors (Lipinski definition) is 2. The smallest absolute Gasteiger partial charge is 0.0963 e. The van der Waals surface area contributed by atoms with E-state index in [1.54, 1.807) is 0 Å². The van der Waals surface area contributed by atoms with E-state index in [1.165, 1.54) is 44.3 Å². The van der Waals surface area contributed by atoms with E-state index in [4.69, 9.17) is 9.97 Å². The summed E-state index contributed by atoms with van der Waals surface area (Å²) in [4.78, 5) is 9.69. The fraction of sp³-hybridized carbons (Fsp3) is 0.0638. The lowest BCUT2D eigenvalue weighted by molar-refractivity contribution is 0.511. The highest BCUT2D eigenvalue weighted by atomic mass is 15.0. The van der Waals surface area contributed by atoms with Crippen molar-refractivity contribution < 1.29 is 0 Å². The van der Waals surface area contributed by atoms with Crippen LogP contribution in [-0.2, 0) is 0 Å². The molecule has 0 aliphatic heterocycles. The molecule has 4 heteroatoms. The van der Waals surface area contributed by atoms with E-state index < -0.39 is 0 Å². The Morgan fingerprint density at radius 2 is 1.06 bits per heavy atom. The molecule has 2 unspecified atom stereocenters. The average Bonchev–Trinajstić information content (AvgIpc) is 3.71. The summed E-state index contributed by atoms with van der Waals surface area (Å²) in [6, 6.07) is 52.2. The van der Waals surface area contributed by atoms with Gasteiger partial charge < -0.3 is 9.13 Å². The first-order chi connectivity index (χ1) is 25.2. The van der Waals surface area contributed by atoms with Crippen molar-refractivity contribution in [3.8, 4) is 27.9 Å². The third-order valence-electron chi connectivity index (χ3n) is 10.5. The van der Waals surface area contributed by atoms with Crippen LogP contribution in [0, 0.1) is 5.92 Å². The quantitative estimate of drug-likeness (QED) is 0.185. The zero-order chi connectivity index (χ0) is 33.9. The second kappa shape index (κ2) is 11.8. The molecule has 1 aliphatic rings. The summed E-state index contributed by atoms with van der Waals surface area (Å²) in [5.74, 6) is 0.278. The Bertz CT molecular complexity index is 2800. The Labute approximate surface area is 296 Å². The lowest BCUT2D eigenvalue weighted by Gasteiger charge is -2.26. The van der Waals surface area contributed by atoms with Gasteiger partial charge in [0, 0.05) is 28.9 Å². The number of aromatic nitrogens is 4. The maximum Gasteiger partial charge on any atom is 0.0963 e. The third-order valence-corrected chi connectivity index (χ3v) is 10.5. The van der Waals surface area contributed by atoms with E-state index in [0.717, 1.165) is 38.7 Å². The molecule has 0 spiro atoms. The first kappa shape index (κ1) is 29.4. The van der Waals surface area contributed by atoms with Gasteiger partial charge in [-0.05, 0) is 100.0 Å². The minimum absolute atomic E-state index is 0.172. The van der Waals surface area contributed by atoms with Crippen LogP contribution in [0.2, 0.25) is 0 Å². The van der Waals surface area contributed by atoms with Crippen LogP contribution in [0.15, 0.2) is 176 Å². The molecule has 0 radical (unpaired) electrons. The highest BCUT2D eigenvalue weighted by molar-refractivity contribution is 6.09. The highest BCUT2D eigenvalue weighted by Crippen LogP contribution is 2.40. The van der Waals surface area contributed by atoms with Crippen LogP contribution in [0.4, 0.5) is 0 Å². The number of pyridine rings is 2. The molecule has 0 bridgehead atoms. The van der Waals surface area contributed by atoms with Crippen molar-refractivity contribution in [2.24, 2.45) is 5.92 Å². The van der Waals surface area contributed by atoms with Crippen LogP contribution in [0.25, 0.3) is 77.4 Å². The topological polar surface area (TPSA) is 35.6 Å². The summed E-state index contributed by atoms with van der Waals surface area (Å²) in [6.07, 6.45) is 10.9. The molecule has 1 aliphatic carbocycles. The molecule has 242 valence electrons. The van der Waals surface area contributed by atoms with Gasteiger partial charge in [0.1, 0.15) is 0 Å². The lowest BCUT2D eigenvalue weighted by atomic mass is 9.89. The standard InChI is InChI=1S/C47H34N4/c1-31-28-35(18-23-41(31)51-43-25-20-37(33-12-6-3-7-13-33)30-40(43)47-45(51)15-9-27-49-47)34-16-21-38(22-17-34)50-42-24-19-36(32-10-4-2-5-11-32)29-39(42)46-44(50)14-8-26-48-46/h2-31,41H,1H3. The van der Waals surface area contributed by atoms with Crippen LogP contribution in [0.5, 0.6) is 0 Å². The monoisotopic (exact) mass is 654 g/mol. The maximum absolute atomic E-state index is 4.87. The lowest BCUT2D eigenvalue weighted by Crippen LogP contribution is -2.16. The Balaban J connectivity index is 0.992. The van der Waals surface area contributed by atoms with Crippen LogP contribution < -0.4 is 0 Å². The second-order valence-corrected chi connectivity index (χ2v) is 13.5. The maximum atomic E-state index is 4.87. The molecule has 0 amide bonds. The molecule has 4 heterocycles. The van der Waals surface area contributed by atoms with Crippen molar-refractivity contribution in [2.75, 3.05) is 0 Å². The first-order valence-electron chi connectivity index (χ1n) is 17.6. The van der Waals surface area contributed by atoms with Gasteiger partial charge in [0.2, 0.25) is 0 Å². The summed E-state index contributed by atoms with van der Waals surface area (Å²) >= 11 is 0. The minimum Gasteiger partial charge on any atom is -0.332 e. The molecule has 0 fully saturated rings. The van der Waals surface area contributed by atoms with Crippen LogP contribution in [0.1, 0.15) is 18.5 Å². The fourth-order valence-corrected chi connectivity index (χ4v) is 8.05. The predicted octanol–water partition coefficient (Wildman–Crippen LogP) is 11.8. The fourth-order valence-electron chi connectivity index (χ4n) is 8.05. The third kappa shape index (κ3) is 4.83. The molecule has 4 aromatic heterocycles. The highest BCUT2D eigenvalue weighted by Gasteiger charge is 2.24. The van der Waals surface area contributed by atoms with Crippen molar-refractivity contribution >= 4 is 49.4 Å². The predicted molar refractivity (Wildman–Crippen MR) is 212 cm³/mol. The number of allylic oxidation sites excluding steroid dienone is 4. The van der Waals surface area contributed by atoms with Crippen LogP contribution in [0.3, 0.4) is 0 Å². The number of rotatable bonds is 5. The average molecular weight is 655 g/mol. The van der Waals surface area contributed by atoms with Crippen molar-refractivity contribution in [2.45, 2.75) is 13.0 Å². The van der Waals surface area contributed by atoms with E-state index in [2.05, 4.69) is 168 Å². The van der Waals surface area contributed by atoms with E-state index in [0.29, 0.717) is 0 Å². The second-order valence-electron chi connectivity index (χ2n) is 13.5. The van der Waals surface area contributed by atoms with E-state index >= 15 is 0 Å². The Morgan fingerprint density at radius 3 is 1.71 bits per heavy atom. The SMILES string of the molecule is CC1C=C(c2ccc(-n3c4ccc(-c5ccccc5)cc4c4ncccc43)cc2)C=CC1n1c2ccc(-c3ccccc3)cc2c2ncccc21. The minimum atomic E-state index is 0.172.